The van der Waals surface area contributed by atoms with Crippen molar-refractivity contribution in [2.45, 2.75) is 18.7 Å². The fourth-order valence-corrected chi connectivity index (χ4v) is 1.91. The van der Waals surface area contributed by atoms with E-state index in [-0.39, 0.29) is 12.2 Å². The smallest absolute Gasteiger partial charge is 0.387 e. The van der Waals surface area contributed by atoms with Crippen molar-refractivity contribution in [1.29, 1.82) is 0 Å². The van der Waals surface area contributed by atoms with E-state index >= 15 is 0 Å². The van der Waals surface area contributed by atoms with Crippen LogP contribution in [-0.4, -0.2) is 42.8 Å². The lowest BCUT2D eigenvalue weighted by Crippen LogP contribution is -2.43. The van der Waals surface area contributed by atoms with Crippen LogP contribution in [0.1, 0.15) is 12.5 Å². The summed E-state index contributed by atoms with van der Waals surface area (Å²) in [5.41, 5.74) is -1.85. The summed E-state index contributed by atoms with van der Waals surface area (Å²) < 4.78 is 38.3. The molecule has 3 nitrogen and oxygen atoms in total. The normalized spacial score (nSPS) is 15.4. The maximum absolute atomic E-state index is 12.8. The van der Waals surface area contributed by atoms with Crippen LogP contribution < -0.4 is 5.32 Å². The molecule has 0 amide bonds. The highest BCUT2D eigenvalue weighted by Crippen LogP contribution is 2.34. The number of anilines is 1. The Morgan fingerprint density at radius 2 is 1.79 bits per heavy atom. The largest absolute Gasteiger partial charge is 0.418 e. The minimum absolute atomic E-state index is 0.0194. The van der Waals surface area contributed by atoms with E-state index in [2.05, 4.69) is 5.32 Å². The highest BCUT2D eigenvalue weighted by molar-refractivity contribution is 5.52. The first-order valence-corrected chi connectivity index (χ1v) is 5.89. The molecule has 0 spiro atoms. The van der Waals surface area contributed by atoms with Gasteiger partial charge in [-0.2, -0.15) is 13.2 Å². The highest BCUT2D eigenvalue weighted by Gasteiger charge is 2.33. The molecule has 0 heterocycles. The SMILES string of the molecule is CN(C)CC(C)(O)CNc1ccccc1C(F)(F)F. The molecule has 1 aromatic rings. The number of halogens is 3. The van der Waals surface area contributed by atoms with Crippen LogP contribution in [0.25, 0.3) is 0 Å². The van der Waals surface area contributed by atoms with Gasteiger partial charge in [-0.05, 0) is 33.2 Å². The molecule has 2 N–H and O–H groups in total. The first kappa shape index (κ1) is 15.8. The summed E-state index contributed by atoms with van der Waals surface area (Å²) in [6.45, 7) is 1.97. The van der Waals surface area contributed by atoms with Crippen LogP contribution in [0.15, 0.2) is 24.3 Å². The van der Waals surface area contributed by atoms with Crippen LogP contribution in [-0.2, 0) is 6.18 Å². The van der Waals surface area contributed by atoms with Gasteiger partial charge in [0.05, 0.1) is 11.2 Å². The summed E-state index contributed by atoms with van der Waals surface area (Å²) in [7, 11) is 3.58. The van der Waals surface area contributed by atoms with E-state index in [1.54, 1.807) is 25.9 Å². The number of benzene rings is 1. The number of aliphatic hydroxyl groups is 1. The summed E-state index contributed by atoms with van der Waals surface area (Å²) in [5.74, 6) is 0. The minimum Gasteiger partial charge on any atom is -0.387 e. The molecule has 108 valence electrons. The van der Waals surface area contributed by atoms with Gasteiger partial charge in [0.15, 0.2) is 0 Å². The third kappa shape index (κ3) is 5.08. The van der Waals surface area contributed by atoms with Crippen molar-refractivity contribution in [2.24, 2.45) is 0 Å². The standard InChI is InChI=1S/C13H19F3N2O/c1-12(19,9-18(2)3)8-17-11-7-5-4-6-10(11)13(14,15)16/h4-7,17,19H,8-9H2,1-3H3. The Balaban J connectivity index is 2.79. The number of para-hydroxylation sites is 1. The third-order valence-corrected chi connectivity index (χ3v) is 2.55. The van der Waals surface area contributed by atoms with Gasteiger partial charge < -0.3 is 15.3 Å². The van der Waals surface area contributed by atoms with Gasteiger partial charge >= 0.3 is 6.18 Å². The molecule has 0 saturated carbocycles. The highest BCUT2D eigenvalue weighted by atomic mass is 19.4. The summed E-state index contributed by atoms with van der Waals surface area (Å²) in [6, 6.07) is 5.24. The number of nitrogens with zero attached hydrogens (tertiary/aromatic N) is 1. The molecule has 1 aromatic carbocycles. The van der Waals surface area contributed by atoms with E-state index in [4.69, 9.17) is 0 Å². The third-order valence-electron chi connectivity index (χ3n) is 2.55. The second kappa shape index (κ2) is 5.79. The monoisotopic (exact) mass is 276 g/mol. The van der Waals surface area contributed by atoms with Crippen LogP contribution in [0, 0.1) is 0 Å². The average molecular weight is 276 g/mol. The predicted octanol–water partition coefficient (Wildman–Crippen LogP) is 2.43. The van der Waals surface area contributed by atoms with E-state index in [1.807, 2.05) is 0 Å². The number of hydrogen-bond donors (Lipinski definition) is 2. The molecule has 0 aromatic heterocycles. The Kier molecular flexibility index (Phi) is 4.81. The van der Waals surface area contributed by atoms with Crippen molar-refractivity contribution in [1.82, 2.24) is 4.90 Å². The lowest BCUT2D eigenvalue weighted by molar-refractivity contribution is -0.137. The lowest BCUT2D eigenvalue weighted by atomic mass is 10.1. The summed E-state index contributed by atoms with van der Waals surface area (Å²) >= 11 is 0. The lowest BCUT2D eigenvalue weighted by Gasteiger charge is -2.28. The molecule has 0 fully saturated rings. The van der Waals surface area contributed by atoms with Gasteiger partial charge in [0, 0.05) is 18.8 Å². The quantitative estimate of drug-likeness (QED) is 0.867. The van der Waals surface area contributed by atoms with Crippen molar-refractivity contribution < 1.29 is 18.3 Å². The molecule has 0 aliphatic rings. The van der Waals surface area contributed by atoms with Crippen LogP contribution >= 0.6 is 0 Å². The number of hydrogen-bond acceptors (Lipinski definition) is 3. The first-order chi connectivity index (χ1) is 8.62. The Morgan fingerprint density at radius 3 is 2.32 bits per heavy atom. The predicted molar refractivity (Wildman–Crippen MR) is 69.1 cm³/mol. The number of alkyl halides is 3. The minimum atomic E-state index is -4.41. The fraction of sp³-hybridized carbons (Fsp3) is 0.538. The molecule has 1 unspecified atom stereocenters. The molecule has 19 heavy (non-hydrogen) atoms. The van der Waals surface area contributed by atoms with E-state index in [0.717, 1.165) is 6.07 Å². The molecule has 1 rings (SSSR count). The van der Waals surface area contributed by atoms with Crippen molar-refractivity contribution in [3.8, 4) is 0 Å². The van der Waals surface area contributed by atoms with E-state index < -0.39 is 17.3 Å². The van der Waals surface area contributed by atoms with Crippen LogP contribution in [0.4, 0.5) is 18.9 Å². The summed E-state index contributed by atoms with van der Waals surface area (Å²) in [5, 5.41) is 12.7. The molecule has 0 aliphatic carbocycles. The molecule has 0 aliphatic heterocycles. The van der Waals surface area contributed by atoms with Crippen molar-refractivity contribution in [3.05, 3.63) is 29.8 Å². The molecule has 0 saturated heterocycles. The van der Waals surface area contributed by atoms with Crippen molar-refractivity contribution in [3.63, 3.8) is 0 Å². The van der Waals surface area contributed by atoms with Gasteiger partial charge in [-0.25, -0.2) is 0 Å². The molecule has 0 bridgehead atoms. The summed E-state index contributed by atoms with van der Waals surface area (Å²) in [6.07, 6.45) is -4.41. The van der Waals surface area contributed by atoms with Crippen molar-refractivity contribution in [2.75, 3.05) is 32.5 Å². The number of rotatable bonds is 5. The van der Waals surface area contributed by atoms with Gasteiger partial charge in [-0.1, -0.05) is 12.1 Å². The van der Waals surface area contributed by atoms with Gasteiger partial charge in [-0.3, -0.25) is 0 Å². The van der Waals surface area contributed by atoms with Gasteiger partial charge in [0.25, 0.3) is 0 Å². The Morgan fingerprint density at radius 1 is 1.21 bits per heavy atom. The summed E-state index contributed by atoms with van der Waals surface area (Å²) in [4.78, 5) is 1.78. The van der Waals surface area contributed by atoms with E-state index in [9.17, 15) is 18.3 Å². The van der Waals surface area contributed by atoms with Gasteiger partial charge in [0.2, 0.25) is 0 Å². The van der Waals surface area contributed by atoms with E-state index in [0.29, 0.717) is 6.54 Å². The zero-order chi connectivity index (χ0) is 14.7. The molecule has 0 radical (unpaired) electrons. The second-order valence-corrected chi connectivity index (χ2v) is 5.13. The molecule has 6 heteroatoms. The maximum Gasteiger partial charge on any atom is 0.418 e. The number of likely N-dealkylation sites (N-methyl/N-ethyl adjacent to an activating group) is 1. The number of nitrogens with one attached hydrogen (secondary N) is 1. The zero-order valence-corrected chi connectivity index (χ0v) is 11.3. The second-order valence-electron chi connectivity index (χ2n) is 5.13. The van der Waals surface area contributed by atoms with Crippen LogP contribution in [0.5, 0.6) is 0 Å². The molecule has 1 atom stereocenters. The fourth-order valence-electron chi connectivity index (χ4n) is 1.91. The Labute approximate surface area is 111 Å². The van der Waals surface area contributed by atoms with Gasteiger partial charge in [-0.15, -0.1) is 0 Å². The van der Waals surface area contributed by atoms with Gasteiger partial charge in [0.1, 0.15) is 0 Å². The topological polar surface area (TPSA) is 35.5 Å². The van der Waals surface area contributed by atoms with Crippen molar-refractivity contribution >= 4 is 5.69 Å². The van der Waals surface area contributed by atoms with Crippen LogP contribution in [0.2, 0.25) is 0 Å². The average Bonchev–Trinajstić information content (AvgIpc) is 2.24. The van der Waals surface area contributed by atoms with Crippen LogP contribution in [0.3, 0.4) is 0 Å². The maximum atomic E-state index is 12.8. The molecular formula is C13H19F3N2O. The Bertz CT molecular complexity index is 417. The molecular weight excluding hydrogens is 257 g/mol. The first-order valence-electron chi connectivity index (χ1n) is 5.89. The Hall–Kier alpha value is -1.27. The zero-order valence-electron chi connectivity index (χ0n) is 11.3. The van der Waals surface area contributed by atoms with E-state index in [1.165, 1.54) is 18.2 Å².